The number of para-hydroxylation sites is 1. The fourth-order valence-electron chi connectivity index (χ4n) is 4.01. The molecule has 2 aromatic carbocycles. The highest BCUT2D eigenvalue weighted by Crippen LogP contribution is 2.28. The molecule has 1 aromatic heterocycles. The maximum absolute atomic E-state index is 12.8. The lowest BCUT2D eigenvalue weighted by Crippen LogP contribution is -2.44. The number of anilines is 1. The molecule has 2 atom stereocenters. The number of carbonyl (C=O) groups excluding carboxylic acids is 1. The van der Waals surface area contributed by atoms with Gasteiger partial charge in [0.2, 0.25) is 0 Å². The van der Waals surface area contributed by atoms with Crippen molar-refractivity contribution in [3.05, 3.63) is 77.6 Å². The van der Waals surface area contributed by atoms with E-state index in [1.807, 2.05) is 38.1 Å². The van der Waals surface area contributed by atoms with Crippen LogP contribution in [-0.2, 0) is 17.5 Å². The molecule has 174 valence electrons. The lowest BCUT2D eigenvalue weighted by Gasteiger charge is -2.35. The Balaban J connectivity index is 1.45. The molecule has 33 heavy (non-hydrogen) atoms. The van der Waals surface area contributed by atoms with Crippen LogP contribution in [-0.4, -0.2) is 45.9 Å². The van der Waals surface area contributed by atoms with Crippen LogP contribution in [0.5, 0.6) is 0 Å². The predicted molar refractivity (Wildman–Crippen MR) is 118 cm³/mol. The maximum Gasteiger partial charge on any atom is 0.435 e. The predicted octanol–water partition coefficient (Wildman–Crippen LogP) is 4.75. The number of carbonyl (C=O) groups is 1. The van der Waals surface area contributed by atoms with E-state index in [0.29, 0.717) is 17.8 Å². The molecule has 0 aliphatic carbocycles. The first kappa shape index (κ1) is 23.0. The molecule has 1 N–H and O–H groups in total. The first-order chi connectivity index (χ1) is 15.7. The van der Waals surface area contributed by atoms with Gasteiger partial charge in [-0.05, 0) is 55.8 Å². The van der Waals surface area contributed by atoms with Crippen LogP contribution in [0.2, 0.25) is 0 Å². The summed E-state index contributed by atoms with van der Waals surface area (Å²) in [4.78, 5) is 15.1. The second-order valence-corrected chi connectivity index (χ2v) is 8.25. The number of morpholine rings is 1. The van der Waals surface area contributed by atoms with E-state index in [1.165, 1.54) is 6.20 Å². The number of alkyl halides is 3. The molecule has 2 heterocycles. The number of halogens is 3. The zero-order valence-corrected chi connectivity index (χ0v) is 18.3. The van der Waals surface area contributed by atoms with Crippen molar-refractivity contribution < 1.29 is 22.7 Å². The standard InChI is InChI=1S/C24H25F3N4O2/c1-16-13-30(14-17(2)33-16)15-19-5-3-4-6-21(19)28-23(32)18-7-9-20(10-8-18)31-12-11-22(29-31)24(25,26)27/h3-12,16-17H,13-15H2,1-2H3,(H,28,32). The minimum atomic E-state index is -4.50. The third-order valence-electron chi connectivity index (χ3n) is 5.43. The van der Waals surface area contributed by atoms with Crippen molar-refractivity contribution in [2.24, 2.45) is 0 Å². The van der Waals surface area contributed by atoms with E-state index in [1.54, 1.807) is 24.3 Å². The van der Waals surface area contributed by atoms with Gasteiger partial charge in [0.15, 0.2) is 5.69 Å². The molecule has 9 heteroatoms. The van der Waals surface area contributed by atoms with Crippen molar-refractivity contribution in [2.75, 3.05) is 18.4 Å². The van der Waals surface area contributed by atoms with Crippen molar-refractivity contribution >= 4 is 11.6 Å². The van der Waals surface area contributed by atoms with Crippen LogP contribution in [0.25, 0.3) is 5.69 Å². The van der Waals surface area contributed by atoms with Crippen LogP contribution in [0.4, 0.5) is 18.9 Å². The van der Waals surface area contributed by atoms with E-state index in [9.17, 15) is 18.0 Å². The Kier molecular flexibility index (Phi) is 6.53. The summed E-state index contributed by atoms with van der Waals surface area (Å²) in [5.41, 5.74) is 1.58. The Labute approximate surface area is 190 Å². The van der Waals surface area contributed by atoms with Gasteiger partial charge in [-0.2, -0.15) is 18.3 Å². The van der Waals surface area contributed by atoms with Gasteiger partial charge in [-0.1, -0.05) is 18.2 Å². The Morgan fingerprint density at radius 2 is 1.73 bits per heavy atom. The zero-order valence-electron chi connectivity index (χ0n) is 18.3. The molecule has 1 amide bonds. The largest absolute Gasteiger partial charge is 0.435 e. The Hall–Kier alpha value is -3.17. The lowest BCUT2D eigenvalue weighted by molar-refractivity contribution is -0.141. The molecule has 2 unspecified atom stereocenters. The number of nitrogens with zero attached hydrogens (tertiary/aromatic N) is 3. The van der Waals surface area contributed by atoms with Crippen molar-refractivity contribution in [2.45, 2.75) is 38.8 Å². The van der Waals surface area contributed by atoms with Crippen LogP contribution in [0, 0.1) is 0 Å². The molecular formula is C24H25F3N4O2. The maximum atomic E-state index is 12.8. The van der Waals surface area contributed by atoms with E-state index in [4.69, 9.17) is 4.74 Å². The SMILES string of the molecule is CC1CN(Cc2ccccc2NC(=O)c2ccc(-n3ccc(C(F)(F)F)n3)cc2)CC(C)O1. The van der Waals surface area contributed by atoms with Gasteiger partial charge in [0.05, 0.1) is 17.9 Å². The van der Waals surface area contributed by atoms with E-state index in [0.717, 1.165) is 35.1 Å². The summed E-state index contributed by atoms with van der Waals surface area (Å²) >= 11 is 0. The van der Waals surface area contributed by atoms with E-state index in [-0.39, 0.29) is 18.1 Å². The van der Waals surface area contributed by atoms with Gasteiger partial charge in [0.1, 0.15) is 0 Å². The highest BCUT2D eigenvalue weighted by molar-refractivity contribution is 6.04. The van der Waals surface area contributed by atoms with Crippen molar-refractivity contribution in [1.82, 2.24) is 14.7 Å². The molecule has 1 fully saturated rings. The monoisotopic (exact) mass is 458 g/mol. The summed E-state index contributed by atoms with van der Waals surface area (Å²) in [6, 6.07) is 14.8. The number of hydrogen-bond donors (Lipinski definition) is 1. The summed E-state index contributed by atoms with van der Waals surface area (Å²) in [6.45, 7) is 6.42. The highest BCUT2D eigenvalue weighted by atomic mass is 19.4. The highest BCUT2D eigenvalue weighted by Gasteiger charge is 2.33. The Bertz CT molecular complexity index is 1100. The van der Waals surface area contributed by atoms with Gasteiger partial charge in [-0.25, -0.2) is 4.68 Å². The van der Waals surface area contributed by atoms with Crippen molar-refractivity contribution in [3.8, 4) is 5.69 Å². The summed E-state index contributed by atoms with van der Waals surface area (Å²) in [5, 5.41) is 6.50. The molecule has 6 nitrogen and oxygen atoms in total. The quantitative estimate of drug-likeness (QED) is 0.599. The van der Waals surface area contributed by atoms with Crippen LogP contribution in [0.15, 0.2) is 60.8 Å². The van der Waals surface area contributed by atoms with Crippen LogP contribution >= 0.6 is 0 Å². The number of nitrogens with one attached hydrogen (secondary N) is 1. The van der Waals surface area contributed by atoms with Crippen LogP contribution in [0.3, 0.4) is 0 Å². The zero-order chi connectivity index (χ0) is 23.6. The molecule has 0 saturated carbocycles. The Morgan fingerprint density at radius 3 is 2.36 bits per heavy atom. The third kappa shape index (κ3) is 5.61. The average Bonchev–Trinajstić information content (AvgIpc) is 3.25. The molecule has 0 bridgehead atoms. The second kappa shape index (κ2) is 9.36. The number of ether oxygens (including phenoxy) is 1. The molecule has 0 radical (unpaired) electrons. The topological polar surface area (TPSA) is 59.4 Å². The number of benzene rings is 2. The molecule has 4 rings (SSSR count). The average molecular weight is 458 g/mol. The third-order valence-corrected chi connectivity index (χ3v) is 5.43. The molecule has 0 spiro atoms. The van der Waals surface area contributed by atoms with Gasteiger partial charge < -0.3 is 10.1 Å². The van der Waals surface area contributed by atoms with Gasteiger partial charge in [-0.3, -0.25) is 9.69 Å². The molecule has 3 aromatic rings. The summed E-state index contributed by atoms with van der Waals surface area (Å²) < 4.78 is 45.2. The van der Waals surface area contributed by atoms with Gasteiger partial charge >= 0.3 is 6.18 Å². The van der Waals surface area contributed by atoms with E-state index < -0.39 is 11.9 Å². The lowest BCUT2D eigenvalue weighted by atomic mass is 10.1. The number of hydrogen-bond acceptors (Lipinski definition) is 4. The smallest absolute Gasteiger partial charge is 0.373 e. The summed E-state index contributed by atoms with van der Waals surface area (Å²) in [6.07, 6.45) is -2.97. The molecule has 1 saturated heterocycles. The minimum Gasteiger partial charge on any atom is -0.373 e. The molecule has 1 aliphatic heterocycles. The number of aromatic nitrogens is 2. The fraction of sp³-hybridized carbons (Fsp3) is 0.333. The van der Waals surface area contributed by atoms with Crippen molar-refractivity contribution in [1.29, 1.82) is 0 Å². The van der Waals surface area contributed by atoms with Gasteiger partial charge in [0.25, 0.3) is 5.91 Å². The van der Waals surface area contributed by atoms with Gasteiger partial charge in [0, 0.05) is 37.1 Å². The van der Waals surface area contributed by atoms with E-state index >= 15 is 0 Å². The number of amides is 1. The first-order valence-corrected chi connectivity index (χ1v) is 10.7. The summed E-state index contributed by atoms with van der Waals surface area (Å²) in [5.74, 6) is -0.297. The van der Waals surface area contributed by atoms with Crippen LogP contribution < -0.4 is 5.32 Å². The van der Waals surface area contributed by atoms with E-state index in [2.05, 4.69) is 15.3 Å². The number of rotatable bonds is 5. The minimum absolute atomic E-state index is 0.149. The van der Waals surface area contributed by atoms with Crippen LogP contribution in [0.1, 0.15) is 35.5 Å². The van der Waals surface area contributed by atoms with Crippen molar-refractivity contribution in [3.63, 3.8) is 0 Å². The molecule has 1 aliphatic rings. The fourth-order valence-corrected chi connectivity index (χ4v) is 4.01. The molecular weight excluding hydrogens is 433 g/mol. The normalized spacial score (nSPS) is 19.4. The second-order valence-electron chi connectivity index (χ2n) is 8.25. The Morgan fingerprint density at radius 1 is 1.06 bits per heavy atom. The van der Waals surface area contributed by atoms with Gasteiger partial charge in [-0.15, -0.1) is 0 Å². The first-order valence-electron chi connectivity index (χ1n) is 10.7. The summed E-state index contributed by atoms with van der Waals surface area (Å²) in [7, 11) is 0.